The summed E-state index contributed by atoms with van der Waals surface area (Å²) < 4.78 is 28.6. The molecule has 0 bridgehead atoms. The van der Waals surface area contributed by atoms with E-state index >= 15 is 0 Å². The van der Waals surface area contributed by atoms with Gasteiger partial charge in [-0.25, -0.2) is 23.1 Å². The van der Waals surface area contributed by atoms with Gasteiger partial charge in [-0.2, -0.15) is 5.10 Å². The van der Waals surface area contributed by atoms with Gasteiger partial charge in [0.15, 0.2) is 0 Å². The fraction of sp³-hybridized carbons (Fsp3) is 0.267. The predicted octanol–water partition coefficient (Wildman–Crippen LogP) is 1.52. The molecule has 0 saturated heterocycles. The molecule has 23 heavy (non-hydrogen) atoms. The Hall–Kier alpha value is -2.48. The zero-order valence-corrected chi connectivity index (χ0v) is 13.5. The Bertz CT molecular complexity index is 884. The third-order valence-corrected chi connectivity index (χ3v) is 5.00. The SMILES string of the molecule is CCn1ncnc1CS(=O)(=O)c1nccn1Cc1ccccc1. The van der Waals surface area contributed by atoms with Crippen molar-refractivity contribution in [2.24, 2.45) is 0 Å². The van der Waals surface area contributed by atoms with Crippen molar-refractivity contribution >= 4 is 9.84 Å². The molecule has 2 heterocycles. The number of aromatic nitrogens is 5. The highest BCUT2D eigenvalue weighted by atomic mass is 32.2. The van der Waals surface area contributed by atoms with Gasteiger partial charge in [-0.1, -0.05) is 30.3 Å². The van der Waals surface area contributed by atoms with E-state index < -0.39 is 9.84 Å². The highest BCUT2D eigenvalue weighted by molar-refractivity contribution is 7.90. The van der Waals surface area contributed by atoms with E-state index in [0.29, 0.717) is 18.9 Å². The van der Waals surface area contributed by atoms with Crippen LogP contribution in [0.4, 0.5) is 0 Å². The molecule has 120 valence electrons. The zero-order chi connectivity index (χ0) is 16.3. The Morgan fingerprint density at radius 1 is 1.13 bits per heavy atom. The van der Waals surface area contributed by atoms with E-state index in [9.17, 15) is 8.42 Å². The molecular weight excluding hydrogens is 314 g/mol. The van der Waals surface area contributed by atoms with Crippen molar-refractivity contribution in [3.63, 3.8) is 0 Å². The maximum Gasteiger partial charge on any atom is 0.228 e. The molecule has 0 atom stereocenters. The number of hydrogen-bond donors (Lipinski definition) is 0. The average molecular weight is 331 g/mol. The number of benzene rings is 1. The lowest BCUT2D eigenvalue weighted by Crippen LogP contribution is -2.16. The number of aryl methyl sites for hydroxylation is 1. The van der Waals surface area contributed by atoms with Crippen LogP contribution >= 0.6 is 0 Å². The second-order valence-electron chi connectivity index (χ2n) is 5.07. The van der Waals surface area contributed by atoms with Crippen molar-refractivity contribution in [1.29, 1.82) is 0 Å². The first-order chi connectivity index (χ1) is 11.1. The Labute approximate surface area is 134 Å². The summed E-state index contributed by atoms with van der Waals surface area (Å²) in [5.74, 6) is 0.203. The molecule has 0 unspecified atom stereocenters. The molecule has 2 aromatic heterocycles. The third-order valence-electron chi connectivity index (χ3n) is 3.47. The topological polar surface area (TPSA) is 82.7 Å². The lowest BCUT2D eigenvalue weighted by Gasteiger charge is -2.09. The quantitative estimate of drug-likeness (QED) is 0.684. The molecule has 0 aliphatic rings. The normalized spacial score (nSPS) is 11.7. The Balaban J connectivity index is 1.88. The molecule has 0 saturated carbocycles. The van der Waals surface area contributed by atoms with Gasteiger partial charge < -0.3 is 4.57 Å². The van der Waals surface area contributed by atoms with E-state index in [1.54, 1.807) is 15.4 Å². The first-order valence-electron chi connectivity index (χ1n) is 7.24. The molecule has 0 radical (unpaired) electrons. The summed E-state index contributed by atoms with van der Waals surface area (Å²) in [7, 11) is -3.59. The van der Waals surface area contributed by atoms with Crippen molar-refractivity contribution in [3.8, 4) is 0 Å². The Morgan fingerprint density at radius 3 is 2.65 bits per heavy atom. The standard InChI is InChI=1S/C15H17N5O2S/c1-2-20-14(17-12-18-20)11-23(21,22)15-16-8-9-19(15)10-13-6-4-3-5-7-13/h3-9,12H,2,10-11H2,1H3. The molecular formula is C15H17N5O2S. The second kappa shape index (κ2) is 6.33. The van der Waals surface area contributed by atoms with Crippen LogP contribution in [0, 0.1) is 0 Å². The van der Waals surface area contributed by atoms with Crippen molar-refractivity contribution in [3.05, 3.63) is 60.4 Å². The smallest absolute Gasteiger partial charge is 0.228 e. The van der Waals surface area contributed by atoms with Crippen LogP contribution in [0.2, 0.25) is 0 Å². The summed E-state index contributed by atoms with van der Waals surface area (Å²) in [6, 6.07) is 9.66. The van der Waals surface area contributed by atoms with Gasteiger partial charge in [0.25, 0.3) is 0 Å². The maximum absolute atomic E-state index is 12.7. The van der Waals surface area contributed by atoms with Crippen LogP contribution < -0.4 is 0 Å². The average Bonchev–Trinajstić information content (AvgIpc) is 3.17. The van der Waals surface area contributed by atoms with Crippen molar-refractivity contribution in [2.45, 2.75) is 30.9 Å². The molecule has 0 aliphatic heterocycles. The Kier molecular flexibility index (Phi) is 4.24. The highest BCUT2D eigenvalue weighted by Crippen LogP contribution is 2.15. The van der Waals surface area contributed by atoms with Crippen LogP contribution in [-0.2, 0) is 28.7 Å². The van der Waals surface area contributed by atoms with Crippen LogP contribution in [0.1, 0.15) is 18.3 Å². The van der Waals surface area contributed by atoms with Gasteiger partial charge in [-0.15, -0.1) is 0 Å². The molecule has 0 spiro atoms. The number of nitrogens with zero attached hydrogens (tertiary/aromatic N) is 5. The monoisotopic (exact) mass is 331 g/mol. The summed E-state index contributed by atoms with van der Waals surface area (Å²) in [5.41, 5.74) is 1.01. The lowest BCUT2D eigenvalue weighted by atomic mass is 10.2. The second-order valence-corrected chi connectivity index (χ2v) is 6.96. The van der Waals surface area contributed by atoms with Gasteiger partial charge in [0.05, 0.1) is 0 Å². The van der Waals surface area contributed by atoms with Gasteiger partial charge >= 0.3 is 0 Å². The van der Waals surface area contributed by atoms with Gasteiger partial charge in [0.1, 0.15) is 17.9 Å². The first kappa shape index (κ1) is 15.4. The van der Waals surface area contributed by atoms with Crippen molar-refractivity contribution < 1.29 is 8.42 Å². The number of hydrogen-bond acceptors (Lipinski definition) is 5. The molecule has 3 rings (SSSR count). The van der Waals surface area contributed by atoms with E-state index in [2.05, 4.69) is 15.1 Å². The van der Waals surface area contributed by atoms with Gasteiger partial charge in [0, 0.05) is 25.5 Å². The zero-order valence-electron chi connectivity index (χ0n) is 12.7. The van der Waals surface area contributed by atoms with Crippen LogP contribution in [0.5, 0.6) is 0 Å². The van der Waals surface area contributed by atoms with Gasteiger partial charge in [0.2, 0.25) is 15.0 Å². The van der Waals surface area contributed by atoms with Crippen LogP contribution in [0.15, 0.2) is 54.2 Å². The van der Waals surface area contributed by atoms with E-state index in [4.69, 9.17) is 0 Å². The predicted molar refractivity (Wildman–Crippen MR) is 84.4 cm³/mol. The number of imidazole rings is 1. The molecule has 1 aromatic carbocycles. The third kappa shape index (κ3) is 3.31. The number of rotatable bonds is 6. The summed E-state index contributed by atoms with van der Waals surface area (Å²) in [6.07, 6.45) is 4.54. The molecule has 0 fully saturated rings. The molecule has 0 N–H and O–H groups in total. The fourth-order valence-corrected chi connectivity index (χ4v) is 3.77. The Morgan fingerprint density at radius 2 is 1.91 bits per heavy atom. The summed E-state index contributed by atoms with van der Waals surface area (Å²) >= 11 is 0. The minimum absolute atomic E-state index is 0.0482. The van der Waals surface area contributed by atoms with Crippen molar-refractivity contribution in [1.82, 2.24) is 24.3 Å². The lowest BCUT2D eigenvalue weighted by molar-refractivity contribution is 0.564. The molecule has 0 amide bonds. The number of sulfone groups is 1. The molecule has 0 aliphatic carbocycles. The minimum Gasteiger partial charge on any atom is -0.317 e. The van der Waals surface area contributed by atoms with Crippen LogP contribution in [-0.4, -0.2) is 32.7 Å². The van der Waals surface area contributed by atoms with Gasteiger partial charge in [-0.3, -0.25) is 0 Å². The van der Waals surface area contributed by atoms with E-state index in [-0.39, 0.29) is 10.9 Å². The van der Waals surface area contributed by atoms with E-state index in [1.807, 2.05) is 37.3 Å². The molecule has 3 aromatic rings. The van der Waals surface area contributed by atoms with Gasteiger partial charge in [-0.05, 0) is 12.5 Å². The first-order valence-corrected chi connectivity index (χ1v) is 8.90. The van der Waals surface area contributed by atoms with Crippen molar-refractivity contribution in [2.75, 3.05) is 0 Å². The summed E-state index contributed by atoms with van der Waals surface area (Å²) in [5, 5.41) is 4.05. The minimum atomic E-state index is -3.59. The van der Waals surface area contributed by atoms with Crippen LogP contribution in [0.3, 0.4) is 0 Å². The summed E-state index contributed by atoms with van der Waals surface area (Å²) in [6.45, 7) is 2.92. The highest BCUT2D eigenvalue weighted by Gasteiger charge is 2.23. The summed E-state index contributed by atoms with van der Waals surface area (Å²) in [4.78, 5) is 8.07. The molecule has 8 heteroatoms. The fourth-order valence-electron chi connectivity index (χ4n) is 2.37. The van der Waals surface area contributed by atoms with E-state index in [0.717, 1.165) is 5.56 Å². The maximum atomic E-state index is 12.7. The molecule has 7 nitrogen and oxygen atoms in total. The largest absolute Gasteiger partial charge is 0.317 e. The van der Waals surface area contributed by atoms with Crippen LogP contribution in [0.25, 0.3) is 0 Å². The van der Waals surface area contributed by atoms with E-state index in [1.165, 1.54) is 12.5 Å².